The number of nitrogens with one attached hydrogen (secondary N) is 1. The lowest BCUT2D eigenvalue weighted by atomic mass is 10.2. The standard InChI is InChI=1S/C16H19FN4O/c1-3-21(4-2)16(22)14-10-20-15(11-18-14)19-9-12-7-5-6-8-13(12)17/h5-8,10-11H,3-4,9H2,1-2H3,(H,19,20). The maximum absolute atomic E-state index is 13.5. The van der Waals surface area contributed by atoms with E-state index in [1.165, 1.54) is 18.5 Å². The van der Waals surface area contributed by atoms with E-state index >= 15 is 0 Å². The molecule has 0 unspecified atom stereocenters. The van der Waals surface area contributed by atoms with Crippen molar-refractivity contribution in [2.45, 2.75) is 20.4 Å². The molecule has 1 amide bonds. The first-order valence-electron chi connectivity index (χ1n) is 7.24. The fourth-order valence-electron chi connectivity index (χ4n) is 2.03. The molecule has 116 valence electrons. The van der Waals surface area contributed by atoms with Crippen molar-refractivity contribution in [3.8, 4) is 0 Å². The Hall–Kier alpha value is -2.50. The number of nitrogens with zero attached hydrogens (tertiary/aromatic N) is 3. The number of carbonyl (C=O) groups excluding carboxylic acids is 1. The largest absolute Gasteiger partial charge is 0.365 e. The van der Waals surface area contributed by atoms with Crippen molar-refractivity contribution in [1.82, 2.24) is 14.9 Å². The van der Waals surface area contributed by atoms with Gasteiger partial charge in [-0.3, -0.25) is 4.79 Å². The van der Waals surface area contributed by atoms with Crippen LogP contribution in [0.4, 0.5) is 10.2 Å². The van der Waals surface area contributed by atoms with Crippen molar-refractivity contribution in [3.05, 3.63) is 53.7 Å². The van der Waals surface area contributed by atoms with Gasteiger partial charge in [-0.1, -0.05) is 18.2 Å². The molecule has 5 nitrogen and oxygen atoms in total. The van der Waals surface area contributed by atoms with Crippen LogP contribution in [-0.4, -0.2) is 33.9 Å². The van der Waals surface area contributed by atoms with Gasteiger partial charge in [-0.2, -0.15) is 0 Å². The third-order valence-electron chi connectivity index (χ3n) is 3.34. The van der Waals surface area contributed by atoms with Gasteiger partial charge in [-0.05, 0) is 19.9 Å². The van der Waals surface area contributed by atoms with Gasteiger partial charge in [-0.25, -0.2) is 14.4 Å². The SMILES string of the molecule is CCN(CC)C(=O)c1cnc(NCc2ccccc2F)cn1. The Morgan fingerprint density at radius 1 is 1.18 bits per heavy atom. The zero-order valence-electron chi connectivity index (χ0n) is 12.7. The van der Waals surface area contributed by atoms with E-state index in [0.29, 0.717) is 36.7 Å². The Balaban J connectivity index is 2.00. The van der Waals surface area contributed by atoms with Gasteiger partial charge in [0.2, 0.25) is 0 Å². The van der Waals surface area contributed by atoms with Crippen LogP contribution in [0.15, 0.2) is 36.7 Å². The first kappa shape index (κ1) is 15.9. The van der Waals surface area contributed by atoms with Crippen LogP contribution >= 0.6 is 0 Å². The number of rotatable bonds is 6. The summed E-state index contributed by atoms with van der Waals surface area (Å²) in [4.78, 5) is 22.0. The lowest BCUT2D eigenvalue weighted by molar-refractivity contribution is 0.0766. The normalized spacial score (nSPS) is 10.3. The van der Waals surface area contributed by atoms with Crippen molar-refractivity contribution in [2.24, 2.45) is 0 Å². The molecule has 22 heavy (non-hydrogen) atoms. The van der Waals surface area contributed by atoms with E-state index < -0.39 is 0 Å². The Labute approximate surface area is 129 Å². The molecule has 0 atom stereocenters. The molecule has 0 spiro atoms. The van der Waals surface area contributed by atoms with Gasteiger partial charge in [0.05, 0.1) is 12.4 Å². The first-order valence-corrected chi connectivity index (χ1v) is 7.24. The van der Waals surface area contributed by atoms with Crippen LogP contribution in [0, 0.1) is 5.82 Å². The molecule has 0 fully saturated rings. The highest BCUT2D eigenvalue weighted by Crippen LogP contribution is 2.10. The molecule has 1 aromatic heterocycles. The summed E-state index contributed by atoms with van der Waals surface area (Å²) in [5, 5.41) is 2.99. The number of anilines is 1. The number of hydrogen-bond acceptors (Lipinski definition) is 4. The van der Waals surface area contributed by atoms with E-state index in [2.05, 4.69) is 15.3 Å². The van der Waals surface area contributed by atoms with Crippen LogP contribution in [0.3, 0.4) is 0 Å². The average Bonchev–Trinajstić information content (AvgIpc) is 2.55. The third-order valence-corrected chi connectivity index (χ3v) is 3.34. The Bertz CT molecular complexity index is 626. The Morgan fingerprint density at radius 3 is 2.50 bits per heavy atom. The zero-order valence-corrected chi connectivity index (χ0v) is 12.7. The maximum atomic E-state index is 13.5. The number of hydrogen-bond donors (Lipinski definition) is 1. The molecule has 0 saturated heterocycles. The molecular weight excluding hydrogens is 283 g/mol. The van der Waals surface area contributed by atoms with Crippen LogP contribution in [0.1, 0.15) is 29.9 Å². The quantitative estimate of drug-likeness (QED) is 0.891. The topological polar surface area (TPSA) is 58.1 Å². The summed E-state index contributed by atoms with van der Waals surface area (Å²) in [6.45, 7) is 5.40. The Morgan fingerprint density at radius 2 is 1.91 bits per heavy atom. The molecule has 0 radical (unpaired) electrons. The van der Waals surface area contributed by atoms with E-state index in [-0.39, 0.29) is 11.7 Å². The second-order valence-corrected chi connectivity index (χ2v) is 4.71. The van der Waals surface area contributed by atoms with Crippen LogP contribution in [0.25, 0.3) is 0 Å². The highest BCUT2D eigenvalue weighted by molar-refractivity contribution is 5.92. The van der Waals surface area contributed by atoms with E-state index in [1.807, 2.05) is 13.8 Å². The summed E-state index contributed by atoms with van der Waals surface area (Å²) in [6.07, 6.45) is 2.92. The molecule has 2 rings (SSSR count). The molecule has 0 bridgehead atoms. The summed E-state index contributed by atoms with van der Waals surface area (Å²) in [7, 11) is 0. The van der Waals surface area contributed by atoms with E-state index in [9.17, 15) is 9.18 Å². The molecular formula is C16H19FN4O. The molecule has 0 aliphatic rings. The zero-order chi connectivity index (χ0) is 15.9. The summed E-state index contributed by atoms with van der Waals surface area (Å²) < 4.78 is 13.5. The number of halogens is 1. The molecule has 1 heterocycles. The van der Waals surface area contributed by atoms with E-state index in [0.717, 1.165) is 0 Å². The number of aromatic nitrogens is 2. The van der Waals surface area contributed by atoms with Gasteiger partial charge in [0.15, 0.2) is 0 Å². The monoisotopic (exact) mass is 302 g/mol. The molecule has 1 N–H and O–H groups in total. The lowest BCUT2D eigenvalue weighted by Crippen LogP contribution is -2.31. The van der Waals surface area contributed by atoms with E-state index in [4.69, 9.17) is 0 Å². The van der Waals surface area contributed by atoms with E-state index in [1.54, 1.807) is 23.1 Å². The summed E-state index contributed by atoms with van der Waals surface area (Å²) in [5.74, 6) is 0.0915. The van der Waals surface area contributed by atoms with Gasteiger partial charge in [0, 0.05) is 25.2 Å². The number of benzene rings is 1. The van der Waals surface area contributed by atoms with Crippen LogP contribution in [0.2, 0.25) is 0 Å². The molecule has 1 aromatic carbocycles. The maximum Gasteiger partial charge on any atom is 0.274 e. The van der Waals surface area contributed by atoms with Gasteiger partial charge in [0.25, 0.3) is 5.91 Å². The van der Waals surface area contributed by atoms with Crippen molar-refractivity contribution >= 4 is 11.7 Å². The minimum absolute atomic E-state index is 0.141. The van der Waals surface area contributed by atoms with Crippen LogP contribution in [-0.2, 0) is 6.54 Å². The number of carbonyl (C=O) groups is 1. The molecule has 6 heteroatoms. The summed E-state index contributed by atoms with van der Waals surface area (Å²) in [5.41, 5.74) is 0.854. The summed E-state index contributed by atoms with van der Waals surface area (Å²) >= 11 is 0. The smallest absolute Gasteiger partial charge is 0.274 e. The first-order chi connectivity index (χ1) is 10.7. The molecule has 0 saturated carbocycles. The fourth-order valence-corrected chi connectivity index (χ4v) is 2.03. The molecule has 0 aliphatic heterocycles. The third kappa shape index (κ3) is 3.78. The predicted molar refractivity (Wildman–Crippen MR) is 83.0 cm³/mol. The second kappa shape index (κ2) is 7.49. The number of amides is 1. The average molecular weight is 302 g/mol. The minimum atomic E-state index is -0.267. The van der Waals surface area contributed by atoms with Crippen LogP contribution in [0.5, 0.6) is 0 Å². The van der Waals surface area contributed by atoms with Crippen LogP contribution < -0.4 is 5.32 Å². The van der Waals surface area contributed by atoms with Crippen molar-refractivity contribution in [2.75, 3.05) is 18.4 Å². The Kier molecular flexibility index (Phi) is 5.41. The summed E-state index contributed by atoms with van der Waals surface area (Å²) in [6, 6.07) is 6.53. The second-order valence-electron chi connectivity index (χ2n) is 4.71. The van der Waals surface area contributed by atoms with Gasteiger partial charge in [0.1, 0.15) is 17.3 Å². The molecule has 2 aromatic rings. The van der Waals surface area contributed by atoms with Gasteiger partial charge < -0.3 is 10.2 Å². The van der Waals surface area contributed by atoms with Crippen molar-refractivity contribution in [3.63, 3.8) is 0 Å². The minimum Gasteiger partial charge on any atom is -0.365 e. The van der Waals surface area contributed by atoms with Crippen molar-refractivity contribution in [1.29, 1.82) is 0 Å². The fraction of sp³-hybridized carbons (Fsp3) is 0.312. The lowest BCUT2D eigenvalue weighted by Gasteiger charge is -2.17. The van der Waals surface area contributed by atoms with Crippen molar-refractivity contribution < 1.29 is 9.18 Å². The highest BCUT2D eigenvalue weighted by atomic mass is 19.1. The van der Waals surface area contributed by atoms with Gasteiger partial charge in [-0.15, -0.1) is 0 Å². The molecule has 0 aliphatic carbocycles. The van der Waals surface area contributed by atoms with Gasteiger partial charge >= 0.3 is 0 Å². The highest BCUT2D eigenvalue weighted by Gasteiger charge is 2.14. The predicted octanol–water partition coefficient (Wildman–Crippen LogP) is 2.71.